The number of hydrogen-bond acceptors (Lipinski definition) is 0. The molecule has 0 spiro atoms. The minimum absolute atomic E-state index is 0.244. The van der Waals surface area contributed by atoms with Crippen molar-refractivity contribution < 1.29 is 0 Å². The lowest BCUT2D eigenvalue weighted by Crippen LogP contribution is -2.02. The first-order valence-electron chi connectivity index (χ1n) is 8.86. The van der Waals surface area contributed by atoms with E-state index in [4.69, 9.17) is 0 Å². The van der Waals surface area contributed by atoms with Gasteiger partial charge in [0.15, 0.2) is 0 Å². The van der Waals surface area contributed by atoms with Gasteiger partial charge in [0, 0.05) is 10.4 Å². The van der Waals surface area contributed by atoms with Crippen LogP contribution in [0, 0.1) is 0 Å². The Hall–Kier alpha value is -2.64. The third-order valence-electron chi connectivity index (χ3n) is 5.26. The van der Waals surface area contributed by atoms with E-state index in [0.717, 1.165) is 0 Å². The molecule has 1 atom stereocenters. The number of halogens is 1. The van der Waals surface area contributed by atoms with Crippen LogP contribution in [0.15, 0.2) is 102 Å². The second-order valence-electron chi connectivity index (χ2n) is 6.67. The van der Waals surface area contributed by atoms with Crippen LogP contribution in [0.5, 0.6) is 0 Å². The fourth-order valence-electron chi connectivity index (χ4n) is 4.17. The zero-order valence-corrected chi connectivity index (χ0v) is 15.8. The summed E-state index contributed by atoms with van der Waals surface area (Å²) in [5.41, 5.74) is 9.36. The average Bonchev–Trinajstić information content (AvgIpc) is 3.05. The summed E-state index contributed by atoms with van der Waals surface area (Å²) in [4.78, 5) is 0. The van der Waals surface area contributed by atoms with E-state index in [0.29, 0.717) is 0 Å². The van der Waals surface area contributed by atoms with Crippen molar-refractivity contribution in [3.63, 3.8) is 0 Å². The largest absolute Gasteiger partial charge is 0.0622 e. The molecule has 26 heavy (non-hydrogen) atoms. The first-order valence-corrected chi connectivity index (χ1v) is 9.66. The molecule has 0 aliphatic heterocycles. The highest BCUT2D eigenvalue weighted by Crippen LogP contribution is 2.52. The molecule has 124 valence electrons. The molecule has 0 saturated heterocycles. The molecule has 1 unspecified atom stereocenters. The van der Waals surface area contributed by atoms with Crippen LogP contribution in [0.1, 0.15) is 22.6 Å². The highest BCUT2D eigenvalue weighted by atomic mass is 79.9. The normalized spacial score (nSPS) is 14.7. The smallest absolute Gasteiger partial charge is 0.0369 e. The first-order chi connectivity index (χ1) is 12.8. The summed E-state index contributed by atoms with van der Waals surface area (Å²) in [5.74, 6) is 0.244. The molecule has 0 fully saturated rings. The van der Waals surface area contributed by atoms with E-state index in [9.17, 15) is 0 Å². The minimum atomic E-state index is 0.244. The van der Waals surface area contributed by atoms with E-state index in [1.54, 1.807) is 0 Å². The number of rotatable bonds is 2. The van der Waals surface area contributed by atoms with Gasteiger partial charge in [-0.3, -0.25) is 0 Å². The standard InChI is InChI=1S/C25H17Br/c26-23-16-8-15-22-19-12-5-7-14-21(19)24(25(22)23)20-13-6-4-11-18(20)17-9-2-1-3-10-17/h1-16,24H. The highest BCUT2D eigenvalue weighted by molar-refractivity contribution is 9.10. The molecule has 0 amide bonds. The Kier molecular flexibility index (Phi) is 3.76. The minimum Gasteiger partial charge on any atom is -0.0622 e. The van der Waals surface area contributed by atoms with Crippen molar-refractivity contribution in [3.8, 4) is 22.3 Å². The maximum absolute atomic E-state index is 3.82. The summed E-state index contributed by atoms with van der Waals surface area (Å²) in [6.45, 7) is 0. The van der Waals surface area contributed by atoms with E-state index in [2.05, 4.69) is 113 Å². The van der Waals surface area contributed by atoms with Gasteiger partial charge in [-0.05, 0) is 45.0 Å². The molecule has 0 saturated carbocycles. The molecule has 0 radical (unpaired) electrons. The molecule has 0 N–H and O–H groups in total. The fraction of sp³-hybridized carbons (Fsp3) is 0.0400. The molecular formula is C25H17Br. The molecular weight excluding hydrogens is 380 g/mol. The quantitative estimate of drug-likeness (QED) is 0.294. The predicted molar refractivity (Wildman–Crippen MR) is 112 cm³/mol. The molecule has 4 aromatic carbocycles. The van der Waals surface area contributed by atoms with Crippen LogP contribution in [0.25, 0.3) is 22.3 Å². The fourth-order valence-corrected chi connectivity index (χ4v) is 4.76. The SMILES string of the molecule is Brc1cccc2c1C(c1ccccc1-c1ccccc1)c1ccccc1-2. The van der Waals surface area contributed by atoms with Crippen molar-refractivity contribution in [3.05, 3.63) is 118 Å². The summed E-state index contributed by atoms with van der Waals surface area (Å²) < 4.78 is 1.18. The van der Waals surface area contributed by atoms with E-state index >= 15 is 0 Å². The maximum atomic E-state index is 3.82. The zero-order chi connectivity index (χ0) is 17.5. The third-order valence-corrected chi connectivity index (χ3v) is 5.95. The summed E-state index contributed by atoms with van der Waals surface area (Å²) in [6.07, 6.45) is 0. The molecule has 0 nitrogen and oxygen atoms in total. The van der Waals surface area contributed by atoms with Crippen LogP contribution >= 0.6 is 15.9 Å². The van der Waals surface area contributed by atoms with Gasteiger partial charge in [0.25, 0.3) is 0 Å². The highest BCUT2D eigenvalue weighted by Gasteiger charge is 2.32. The molecule has 5 rings (SSSR count). The van der Waals surface area contributed by atoms with Crippen LogP contribution < -0.4 is 0 Å². The topological polar surface area (TPSA) is 0 Å². The van der Waals surface area contributed by atoms with Crippen molar-refractivity contribution in [1.29, 1.82) is 0 Å². The van der Waals surface area contributed by atoms with Gasteiger partial charge in [0.1, 0.15) is 0 Å². The van der Waals surface area contributed by atoms with Crippen molar-refractivity contribution in [1.82, 2.24) is 0 Å². The molecule has 0 bridgehead atoms. The summed E-state index contributed by atoms with van der Waals surface area (Å²) >= 11 is 3.82. The number of hydrogen-bond donors (Lipinski definition) is 0. The molecule has 1 aliphatic rings. The maximum Gasteiger partial charge on any atom is 0.0369 e. The summed E-state index contributed by atoms with van der Waals surface area (Å²) in [7, 11) is 0. The van der Waals surface area contributed by atoms with Gasteiger partial charge in [0.05, 0.1) is 0 Å². The van der Waals surface area contributed by atoms with E-state index in [1.165, 1.54) is 43.4 Å². The zero-order valence-electron chi connectivity index (χ0n) is 14.2. The number of benzene rings is 4. The molecule has 4 aromatic rings. The lowest BCUT2D eigenvalue weighted by molar-refractivity contribution is 1.01. The lowest BCUT2D eigenvalue weighted by atomic mass is 9.84. The average molecular weight is 397 g/mol. The van der Waals surface area contributed by atoms with Gasteiger partial charge in [0.2, 0.25) is 0 Å². The third kappa shape index (κ3) is 2.35. The van der Waals surface area contributed by atoms with Crippen molar-refractivity contribution in [2.45, 2.75) is 5.92 Å². The molecule has 1 aliphatic carbocycles. The van der Waals surface area contributed by atoms with E-state index in [-0.39, 0.29) is 5.92 Å². The Morgan fingerprint density at radius 3 is 1.85 bits per heavy atom. The van der Waals surface area contributed by atoms with Crippen LogP contribution in [0.3, 0.4) is 0 Å². The van der Waals surface area contributed by atoms with Crippen molar-refractivity contribution in [2.75, 3.05) is 0 Å². The van der Waals surface area contributed by atoms with Gasteiger partial charge in [-0.1, -0.05) is 107 Å². The Balaban J connectivity index is 1.81. The van der Waals surface area contributed by atoms with Crippen LogP contribution in [-0.2, 0) is 0 Å². The van der Waals surface area contributed by atoms with Crippen molar-refractivity contribution in [2.24, 2.45) is 0 Å². The second-order valence-corrected chi connectivity index (χ2v) is 7.53. The summed E-state index contributed by atoms with van der Waals surface area (Å²) in [5, 5.41) is 0. The monoisotopic (exact) mass is 396 g/mol. The second kappa shape index (κ2) is 6.26. The Labute approximate surface area is 162 Å². The van der Waals surface area contributed by atoms with E-state index < -0.39 is 0 Å². The van der Waals surface area contributed by atoms with Gasteiger partial charge < -0.3 is 0 Å². The molecule has 1 heteroatoms. The number of fused-ring (bicyclic) bond motifs is 3. The molecule has 0 aromatic heterocycles. The van der Waals surface area contributed by atoms with Crippen molar-refractivity contribution >= 4 is 15.9 Å². The summed E-state index contributed by atoms with van der Waals surface area (Å²) in [6, 6.07) is 34.8. The first kappa shape index (κ1) is 15.6. The van der Waals surface area contributed by atoms with Gasteiger partial charge >= 0.3 is 0 Å². The van der Waals surface area contributed by atoms with E-state index in [1.807, 2.05) is 0 Å². The molecule has 0 heterocycles. The Morgan fingerprint density at radius 2 is 1.08 bits per heavy atom. The van der Waals surface area contributed by atoms with Crippen LogP contribution in [-0.4, -0.2) is 0 Å². The lowest BCUT2D eigenvalue weighted by Gasteiger charge is -2.19. The van der Waals surface area contributed by atoms with Gasteiger partial charge in [-0.2, -0.15) is 0 Å². The van der Waals surface area contributed by atoms with Gasteiger partial charge in [-0.25, -0.2) is 0 Å². The van der Waals surface area contributed by atoms with Crippen LogP contribution in [0.2, 0.25) is 0 Å². The Bertz CT molecular complexity index is 1100. The predicted octanol–water partition coefficient (Wildman–Crippen LogP) is 7.28. The van der Waals surface area contributed by atoms with Gasteiger partial charge in [-0.15, -0.1) is 0 Å². The van der Waals surface area contributed by atoms with Crippen LogP contribution in [0.4, 0.5) is 0 Å². The Morgan fingerprint density at radius 1 is 0.500 bits per heavy atom.